The van der Waals surface area contributed by atoms with E-state index in [0.717, 1.165) is 43.1 Å². The Hall–Kier alpha value is -1.92. The largest absolute Gasteiger partial charge is 0.497 e. The van der Waals surface area contributed by atoms with Gasteiger partial charge in [0.25, 0.3) is 0 Å². The highest BCUT2D eigenvalue weighted by Crippen LogP contribution is 2.27. The minimum absolute atomic E-state index is 0.559. The van der Waals surface area contributed by atoms with Gasteiger partial charge in [-0.3, -0.25) is 4.90 Å². The van der Waals surface area contributed by atoms with Gasteiger partial charge in [-0.15, -0.1) is 0 Å². The summed E-state index contributed by atoms with van der Waals surface area (Å²) >= 11 is 5.08. The van der Waals surface area contributed by atoms with E-state index in [9.17, 15) is 0 Å². The molecule has 2 heterocycles. The summed E-state index contributed by atoms with van der Waals surface area (Å²) < 4.78 is 11.3. The Balaban J connectivity index is 1.77. The molecule has 0 saturated heterocycles. The molecule has 3 rings (SSSR count). The van der Waals surface area contributed by atoms with Crippen LogP contribution in [0.4, 0.5) is 0 Å². The zero-order chi connectivity index (χ0) is 15.5. The standard InChI is InChI=1S/C16H19N3O2S/c1-20-13-4-3-11(15(7-13)21-2)9-19-6-5-14-12(10-19)8-17-16(22)18-14/h3-4,7-8H,5-6,9-10H2,1-2H3,(H,17,18,22). The topological polar surface area (TPSA) is 50.4 Å². The van der Waals surface area contributed by atoms with Gasteiger partial charge in [-0.1, -0.05) is 6.07 Å². The summed E-state index contributed by atoms with van der Waals surface area (Å²) in [6.45, 7) is 2.68. The van der Waals surface area contributed by atoms with E-state index in [1.165, 1.54) is 11.3 Å². The number of hydrogen-bond acceptors (Lipinski definition) is 5. The Morgan fingerprint density at radius 2 is 2.18 bits per heavy atom. The zero-order valence-electron chi connectivity index (χ0n) is 12.8. The third-order valence-electron chi connectivity index (χ3n) is 3.94. The first-order valence-electron chi connectivity index (χ1n) is 7.20. The molecule has 0 spiro atoms. The van der Waals surface area contributed by atoms with Gasteiger partial charge in [-0.2, -0.15) is 0 Å². The zero-order valence-corrected chi connectivity index (χ0v) is 13.6. The summed E-state index contributed by atoms with van der Waals surface area (Å²) in [4.78, 5) is 9.75. The Morgan fingerprint density at radius 3 is 2.95 bits per heavy atom. The van der Waals surface area contributed by atoms with Gasteiger partial charge in [-0.05, 0) is 18.3 Å². The second-order valence-electron chi connectivity index (χ2n) is 5.33. The first-order valence-corrected chi connectivity index (χ1v) is 7.60. The van der Waals surface area contributed by atoms with E-state index in [-0.39, 0.29) is 0 Å². The molecule has 0 radical (unpaired) electrons. The van der Waals surface area contributed by atoms with Crippen LogP contribution in [0.2, 0.25) is 0 Å². The molecule has 1 aromatic carbocycles. The number of benzene rings is 1. The van der Waals surface area contributed by atoms with Crippen LogP contribution in [0, 0.1) is 4.77 Å². The van der Waals surface area contributed by atoms with Crippen LogP contribution in [0.5, 0.6) is 11.5 Å². The summed E-state index contributed by atoms with van der Waals surface area (Å²) in [7, 11) is 3.35. The van der Waals surface area contributed by atoms with E-state index in [0.29, 0.717) is 4.77 Å². The van der Waals surface area contributed by atoms with Crippen LogP contribution < -0.4 is 9.47 Å². The van der Waals surface area contributed by atoms with Crippen molar-refractivity contribution in [3.8, 4) is 11.5 Å². The molecule has 0 bridgehead atoms. The Morgan fingerprint density at radius 1 is 1.32 bits per heavy atom. The van der Waals surface area contributed by atoms with Crippen LogP contribution in [0.25, 0.3) is 0 Å². The Bertz CT molecular complexity index is 730. The van der Waals surface area contributed by atoms with Crippen molar-refractivity contribution in [3.63, 3.8) is 0 Å². The number of nitrogens with zero attached hydrogens (tertiary/aromatic N) is 2. The van der Waals surface area contributed by atoms with Gasteiger partial charge in [0.1, 0.15) is 11.5 Å². The number of aromatic amines is 1. The number of hydrogen-bond donors (Lipinski definition) is 1. The van der Waals surface area contributed by atoms with E-state index < -0.39 is 0 Å². The van der Waals surface area contributed by atoms with Crippen molar-refractivity contribution in [2.75, 3.05) is 20.8 Å². The van der Waals surface area contributed by atoms with Gasteiger partial charge in [0.15, 0.2) is 4.77 Å². The molecule has 0 unspecified atom stereocenters. The number of fused-ring (bicyclic) bond motifs is 1. The number of methoxy groups -OCH3 is 2. The number of H-pyrrole nitrogens is 1. The first-order chi connectivity index (χ1) is 10.7. The van der Waals surface area contributed by atoms with Crippen LogP contribution in [-0.2, 0) is 19.5 Å². The van der Waals surface area contributed by atoms with Crippen molar-refractivity contribution < 1.29 is 9.47 Å². The molecule has 0 fully saturated rings. The molecule has 0 atom stereocenters. The number of nitrogens with one attached hydrogen (secondary N) is 1. The number of aromatic nitrogens is 2. The lowest BCUT2D eigenvalue weighted by atomic mass is 10.1. The average Bonchev–Trinajstić information content (AvgIpc) is 2.55. The third kappa shape index (κ3) is 3.13. The Kier molecular flexibility index (Phi) is 4.40. The lowest BCUT2D eigenvalue weighted by molar-refractivity contribution is 0.239. The molecule has 1 aromatic heterocycles. The van der Waals surface area contributed by atoms with Crippen molar-refractivity contribution in [2.45, 2.75) is 19.5 Å². The Labute approximate surface area is 134 Å². The fraction of sp³-hybridized carbons (Fsp3) is 0.375. The molecular weight excluding hydrogens is 298 g/mol. The lowest BCUT2D eigenvalue weighted by Gasteiger charge is -2.28. The number of rotatable bonds is 4. The van der Waals surface area contributed by atoms with Gasteiger partial charge in [-0.25, -0.2) is 4.98 Å². The van der Waals surface area contributed by atoms with E-state index in [1.807, 2.05) is 18.3 Å². The predicted octanol–water partition coefficient (Wildman–Crippen LogP) is 2.71. The van der Waals surface area contributed by atoms with Gasteiger partial charge in [0, 0.05) is 55.1 Å². The molecule has 0 aliphatic carbocycles. The van der Waals surface area contributed by atoms with Gasteiger partial charge in [0.05, 0.1) is 14.2 Å². The molecule has 5 nitrogen and oxygen atoms in total. The molecule has 1 aliphatic rings. The van der Waals surface area contributed by atoms with Crippen molar-refractivity contribution in [2.24, 2.45) is 0 Å². The van der Waals surface area contributed by atoms with Crippen LogP contribution in [0.3, 0.4) is 0 Å². The second kappa shape index (κ2) is 6.46. The monoisotopic (exact) mass is 317 g/mol. The quantitative estimate of drug-likeness (QED) is 0.879. The summed E-state index contributed by atoms with van der Waals surface area (Å²) in [5.74, 6) is 1.66. The molecule has 2 aromatic rings. The average molecular weight is 317 g/mol. The maximum absolute atomic E-state index is 5.48. The van der Waals surface area contributed by atoms with E-state index in [4.69, 9.17) is 21.7 Å². The molecule has 0 amide bonds. The van der Waals surface area contributed by atoms with Crippen LogP contribution in [0.15, 0.2) is 24.4 Å². The molecule has 116 valence electrons. The van der Waals surface area contributed by atoms with E-state index >= 15 is 0 Å². The van der Waals surface area contributed by atoms with Gasteiger partial charge >= 0.3 is 0 Å². The lowest BCUT2D eigenvalue weighted by Crippen LogP contribution is -2.31. The minimum atomic E-state index is 0.559. The summed E-state index contributed by atoms with van der Waals surface area (Å²) in [5, 5.41) is 0. The maximum Gasteiger partial charge on any atom is 0.196 e. The van der Waals surface area contributed by atoms with Crippen molar-refractivity contribution >= 4 is 12.2 Å². The number of ether oxygens (including phenoxy) is 2. The van der Waals surface area contributed by atoms with Crippen molar-refractivity contribution in [3.05, 3.63) is 46.0 Å². The highest BCUT2D eigenvalue weighted by molar-refractivity contribution is 7.71. The molecule has 1 aliphatic heterocycles. The molecule has 0 saturated carbocycles. The summed E-state index contributed by atoms with van der Waals surface area (Å²) in [5.41, 5.74) is 3.58. The highest BCUT2D eigenvalue weighted by Gasteiger charge is 2.18. The fourth-order valence-corrected chi connectivity index (χ4v) is 2.94. The van der Waals surface area contributed by atoms with Crippen LogP contribution >= 0.6 is 12.2 Å². The third-order valence-corrected chi connectivity index (χ3v) is 4.15. The summed E-state index contributed by atoms with van der Waals surface area (Å²) in [6, 6.07) is 5.95. The molecule has 22 heavy (non-hydrogen) atoms. The SMILES string of the molecule is COc1ccc(CN2CCc3[nH]c(=S)ncc3C2)c(OC)c1. The van der Waals surface area contributed by atoms with Gasteiger partial charge in [0.2, 0.25) is 0 Å². The molecule has 6 heteroatoms. The normalized spacial score (nSPS) is 14.5. The van der Waals surface area contributed by atoms with Crippen LogP contribution in [0.1, 0.15) is 16.8 Å². The van der Waals surface area contributed by atoms with E-state index in [2.05, 4.69) is 20.9 Å². The summed E-state index contributed by atoms with van der Waals surface area (Å²) in [6.07, 6.45) is 2.84. The smallest absolute Gasteiger partial charge is 0.196 e. The minimum Gasteiger partial charge on any atom is -0.497 e. The first kappa shape index (κ1) is 15.0. The molecule has 1 N–H and O–H groups in total. The maximum atomic E-state index is 5.48. The van der Waals surface area contributed by atoms with Crippen molar-refractivity contribution in [1.82, 2.24) is 14.9 Å². The predicted molar refractivity (Wildman–Crippen MR) is 86.8 cm³/mol. The van der Waals surface area contributed by atoms with Gasteiger partial charge < -0.3 is 14.5 Å². The highest BCUT2D eigenvalue weighted by atomic mass is 32.1. The van der Waals surface area contributed by atoms with E-state index in [1.54, 1.807) is 14.2 Å². The fourth-order valence-electron chi connectivity index (χ4n) is 2.76. The van der Waals surface area contributed by atoms with Crippen LogP contribution in [-0.4, -0.2) is 35.6 Å². The van der Waals surface area contributed by atoms with Crippen molar-refractivity contribution in [1.29, 1.82) is 0 Å². The second-order valence-corrected chi connectivity index (χ2v) is 5.72. The molecular formula is C16H19N3O2S.